The summed E-state index contributed by atoms with van der Waals surface area (Å²) in [4.78, 5) is 0. The molecule has 0 aliphatic heterocycles. The standard InChI is InChI=1S/C20H35BN.C19H33BNO.CH4/c1-19-10-8-14(22)12-13(19)4-5-15-16-6-7-18(21-3)20(16,2)11-9-17(15)19;1-18-9-7-13(21)11-12(18)3-4-14-15-5-6-17(20-22)19(15,2)10-8-16(14)18;/h13-18H,4-12,22H2,1-3H3;12-17,22H,3-11,21H2,1-2H3;1H4. The molecule has 16 atom stereocenters. The van der Waals surface area contributed by atoms with E-state index in [4.69, 9.17) is 11.5 Å². The van der Waals surface area contributed by atoms with Crippen LogP contribution >= 0.6 is 0 Å². The molecule has 8 saturated carbocycles. The van der Waals surface area contributed by atoms with E-state index in [9.17, 15) is 5.02 Å². The van der Waals surface area contributed by atoms with Crippen LogP contribution in [-0.4, -0.2) is 31.9 Å². The van der Waals surface area contributed by atoms with E-state index in [1.165, 1.54) is 123 Å². The van der Waals surface area contributed by atoms with Crippen LogP contribution in [-0.2, 0) is 0 Å². The zero-order chi connectivity index (χ0) is 31.1. The van der Waals surface area contributed by atoms with Gasteiger partial charge in [-0.25, -0.2) is 0 Å². The van der Waals surface area contributed by atoms with Gasteiger partial charge in [-0.3, -0.25) is 0 Å². The second-order valence-corrected chi connectivity index (χ2v) is 19.3. The van der Waals surface area contributed by atoms with Gasteiger partial charge in [0.2, 0.25) is 0 Å². The Balaban J connectivity index is 0.000000155. The second kappa shape index (κ2) is 12.7. The Kier molecular flexibility index (Phi) is 9.85. The molecule has 8 aliphatic carbocycles. The predicted octanol–water partition coefficient (Wildman–Crippen LogP) is 9.29. The molecule has 0 aromatic rings. The summed E-state index contributed by atoms with van der Waals surface area (Å²) in [7, 11) is 4.07. The highest BCUT2D eigenvalue weighted by Crippen LogP contribution is 2.70. The Morgan fingerprint density at radius 3 is 1.36 bits per heavy atom. The maximum absolute atomic E-state index is 9.69. The lowest BCUT2D eigenvalue weighted by Gasteiger charge is -2.61. The Hall–Kier alpha value is 0.00987. The van der Waals surface area contributed by atoms with E-state index in [-0.39, 0.29) is 7.43 Å². The second-order valence-electron chi connectivity index (χ2n) is 19.3. The van der Waals surface area contributed by atoms with E-state index < -0.39 is 0 Å². The summed E-state index contributed by atoms with van der Waals surface area (Å²) in [6.07, 6.45) is 24.9. The first kappa shape index (κ1) is 34.9. The van der Waals surface area contributed by atoms with Crippen molar-refractivity contribution < 1.29 is 5.02 Å². The largest absolute Gasteiger partial charge is 0.454 e. The third-order valence-corrected chi connectivity index (χ3v) is 18.1. The van der Waals surface area contributed by atoms with Crippen molar-refractivity contribution in [3.63, 3.8) is 0 Å². The Morgan fingerprint density at radius 1 is 0.511 bits per heavy atom. The minimum atomic E-state index is 0. The van der Waals surface area contributed by atoms with Crippen molar-refractivity contribution >= 4 is 14.8 Å². The SMILES string of the molecule is C.CC12CCC3C(CCC4CC(N)CCC43C)C1CCC2[B]O.C[B]C1CCC2C3CCC4CC(N)CCC4(C)C3CCC12C. The van der Waals surface area contributed by atoms with Gasteiger partial charge in [0.25, 0.3) is 7.48 Å². The molecule has 16 unspecified atom stereocenters. The summed E-state index contributed by atoms with van der Waals surface area (Å²) in [6, 6.07) is 0.956. The van der Waals surface area contributed by atoms with E-state index in [0.29, 0.717) is 39.6 Å². The zero-order valence-corrected chi connectivity index (χ0v) is 29.4. The van der Waals surface area contributed by atoms with E-state index in [1.54, 1.807) is 0 Å². The number of hydrogen-bond donors (Lipinski definition) is 3. The highest BCUT2D eigenvalue weighted by atomic mass is 16.2. The minimum absolute atomic E-state index is 0. The number of nitrogens with two attached hydrogens (primary N) is 2. The molecule has 0 amide bonds. The average molecular weight is 619 g/mol. The van der Waals surface area contributed by atoms with Crippen molar-refractivity contribution in [1.82, 2.24) is 0 Å². The smallest absolute Gasteiger partial charge is 0.291 e. The fourth-order valence-corrected chi connectivity index (χ4v) is 15.5. The number of rotatable bonds is 2. The van der Waals surface area contributed by atoms with Gasteiger partial charge in [0.15, 0.2) is 0 Å². The van der Waals surface area contributed by atoms with Crippen LogP contribution in [0, 0.1) is 69.0 Å². The van der Waals surface area contributed by atoms with Crippen molar-refractivity contribution in [1.29, 1.82) is 0 Å². The molecule has 8 fully saturated rings. The first-order valence-electron chi connectivity index (χ1n) is 19.8. The Labute approximate surface area is 280 Å². The van der Waals surface area contributed by atoms with Crippen LogP contribution in [0.4, 0.5) is 0 Å². The van der Waals surface area contributed by atoms with Crippen LogP contribution in [0.1, 0.15) is 151 Å². The highest BCUT2D eigenvalue weighted by molar-refractivity contribution is 6.36. The third-order valence-electron chi connectivity index (χ3n) is 18.1. The molecule has 45 heavy (non-hydrogen) atoms. The average Bonchev–Trinajstić information content (AvgIpc) is 3.54. The monoisotopic (exact) mass is 619 g/mol. The van der Waals surface area contributed by atoms with Crippen molar-refractivity contribution in [2.75, 3.05) is 0 Å². The fraction of sp³-hybridized carbons (Fsp3) is 1.00. The van der Waals surface area contributed by atoms with Gasteiger partial charge in [-0.1, -0.05) is 67.0 Å². The van der Waals surface area contributed by atoms with E-state index in [1.807, 2.05) is 0 Å². The molecule has 0 saturated heterocycles. The molecule has 254 valence electrons. The summed E-state index contributed by atoms with van der Waals surface area (Å²) in [6.45, 7) is 12.7. The number of hydrogen-bond acceptors (Lipinski definition) is 3. The maximum Gasteiger partial charge on any atom is 0.291 e. The first-order chi connectivity index (χ1) is 21.0. The van der Waals surface area contributed by atoms with E-state index in [0.717, 1.165) is 53.2 Å². The summed E-state index contributed by atoms with van der Waals surface area (Å²) in [5.74, 6) is 8.89. The summed E-state index contributed by atoms with van der Waals surface area (Å²) < 4.78 is 0. The van der Waals surface area contributed by atoms with Crippen molar-refractivity contribution in [3.05, 3.63) is 0 Å². The van der Waals surface area contributed by atoms with E-state index in [2.05, 4.69) is 41.8 Å². The lowest BCUT2D eigenvalue weighted by Crippen LogP contribution is -2.54. The number of fused-ring (bicyclic) bond motifs is 10. The first-order valence-corrected chi connectivity index (χ1v) is 19.8. The molecule has 8 rings (SSSR count). The Bertz CT molecular complexity index is 962. The van der Waals surface area contributed by atoms with Gasteiger partial charge in [0.05, 0.1) is 0 Å². The van der Waals surface area contributed by atoms with Crippen LogP contribution < -0.4 is 11.5 Å². The summed E-state index contributed by atoms with van der Waals surface area (Å²) >= 11 is 0. The zero-order valence-electron chi connectivity index (χ0n) is 29.4. The molecular formula is C40H72B2N2O. The maximum atomic E-state index is 9.69. The van der Waals surface area contributed by atoms with Gasteiger partial charge in [0.1, 0.15) is 7.28 Å². The molecule has 0 aromatic carbocycles. The molecule has 0 bridgehead atoms. The van der Waals surface area contributed by atoms with E-state index >= 15 is 0 Å². The molecule has 5 N–H and O–H groups in total. The minimum Gasteiger partial charge on any atom is -0.454 e. The van der Waals surface area contributed by atoms with Gasteiger partial charge >= 0.3 is 0 Å². The quantitative estimate of drug-likeness (QED) is 0.270. The van der Waals surface area contributed by atoms with Crippen molar-refractivity contribution in [2.24, 2.45) is 80.5 Å². The highest BCUT2D eigenvalue weighted by Gasteiger charge is 2.61. The van der Waals surface area contributed by atoms with Crippen LogP contribution in [0.2, 0.25) is 18.5 Å². The normalized spacial score (nSPS) is 56.4. The summed E-state index contributed by atoms with van der Waals surface area (Å²) in [5.41, 5.74) is 14.8. The molecule has 3 nitrogen and oxygen atoms in total. The molecule has 8 aliphatic rings. The molecular weight excluding hydrogens is 546 g/mol. The summed E-state index contributed by atoms with van der Waals surface area (Å²) in [5, 5.41) is 9.69. The molecule has 2 radical (unpaired) electrons. The van der Waals surface area contributed by atoms with Gasteiger partial charge in [0, 0.05) is 12.1 Å². The third kappa shape index (κ3) is 5.39. The van der Waals surface area contributed by atoms with Gasteiger partial charge < -0.3 is 16.5 Å². The molecule has 0 heterocycles. The van der Waals surface area contributed by atoms with Crippen LogP contribution in [0.25, 0.3) is 0 Å². The lowest BCUT2D eigenvalue weighted by molar-refractivity contribution is -0.105. The van der Waals surface area contributed by atoms with Crippen LogP contribution in [0.15, 0.2) is 0 Å². The fourth-order valence-electron chi connectivity index (χ4n) is 15.5. The molecule has 0 aromatic heterocycles. The lowest BCUT2D eigenvalue weighted by atomic mass is 9.42. The van der Waals surface area contributed by atoms with Gasteiger partial charge in [-0.15, -0.1) is 0 Å². The van der Waals surface area contributed by atoms with Crippen molar-refractivity contribution in [3.8, 4) is 0 Å². The van der Waals surface area contributed by atoms with Crippen molar-refractivity contribution in [2.45, 2.75) is 181 Å². The predicted molar refractivity (Wildman–Crippen MR) is 193 cm³/mol. The van der Waals surface area contributed by atoms with Crippen LogP contribution in [0.3, 0.4) is 0 Å². The Morgan fingerprint density at radius 2 is 0.911 bits per heavy atom. The molecule has 5 heteroatoms. The van der Waals surface area contributed by atoms with Gasteiger partial charge in [-0.05, 0) is 171 Å². The molecule has 0 spiro atoms. The van der Waals surface area contributed by atoms with Gasteiger partial charge in [-0.2, -0.15) is 0 Å². The van der Waals surface area contributed by atoms with Crippen LogP contribution in [0.5, 0.6) is 0 Å². The topological polar surface area (TPSA) is 72.3 Å².